The highest BCUT2D eigenvalue weighted by molar-refractivity contribution is 6.23. The molecule has 58 heavy (non-hydrogen) atoms. The fourth-order valence-electron chi connectivity index (χ4n) is 10.0. The van der Waals surface area contributed by atoms with E-state index < -0.39 is 63.9 Å². The van der Waals surface area contributed by atoms with Crippen molar-refractivity contribution in [3.8, 4) is 11.8 Å². The highest BCUT2D eigenvalue weighted by Gasteiger charge is 2.64. The smallest absolute Gasteiger partial charge is 0.417 e. The van der Waals surface area contributed by atoms with Gasteiger partial charge in [0.2, 0.25) is 11.8 Å². The van der Waals surface area contributed by atoms with Crippen LogP contribution in [0.25, 0.3) is 0 Å². The van der Waals surface area contributed by atoms with E-state index in [1.165, 1.54) is 6.07 Å². The molecule has 4 aliphatic heterocycles. The zero-order valence-electron chi connectivity index (χ0n) is 32.5. The van der Waals surface area contributed by atoms with Gasteiger partial charge in [-0.15, -0.1) is 0 Å². The number of hydrogen-bond acceptors (Lipinski definition) is 9. The molecule has 3 aromatic carbocycles. The molecule has 5 amide bonds. The molecule has 5 aliphatic rings. The topological polar surface area (TPSA) is 152 Å². The van der Waals surface area contributed by atoms with Crippen LogP contribution in [-0.4, -0.2) is 76.7 Å². The molecule has 15 heteroatoms. The van der Waals surface area contributed by atoms with Crippen molar-refractivity contribution in [3.63, 3.8) is 0 Å². The molecule has 1 saturated carbocycles. The summed E-state index contributed by atoms with van der Waals surface area (Å²) in [6, 6.07) is 14.9. The first kappa shape index (κ1) is 39.1. The first-order chi connectivity index (χ1) is 27.4. The van der Waals surface area contributed by atoms with Crippen molar-refractivity contribution < 1.29 is 41.9 Å². The number of fused-ring (bicyclic) bond motifs is 2. The second kappa shape index (κ2) is 14.0. The monoisotopic (exact) mass is 796 g/mol. The van der Waals surface area contributed by atoms with Crippen LogP contribution in [0.5, 0.6) is 5.75 Å². The van der Waals surface area contributed by atoms with Crippen molar-refractivity contribution in [2.75, 3.05) is 18.0 Å². The van der Waals surface area contributed by atoms with Crippen molar-refractivity contribution in [2.24, 2.45) is 10.8 Å². The number of nitrogens with one attached hydrogen (secondary N) is 2. The molecule has 0 aromatic heterocycles. The number of hydrogen-bond donors (Lipinski definition) is 2. The Morgan fingerprint density at radius 3 is 2.03 bits per heavy atom. The zero-order chi connectivity index (χ0) is 41.5. The summed E-state index contributed by atoms with van der Waals surface area (Å²) in [5, 5.41) is 14.5. The van der Waals surface area contributed by atoms with Gasteiger partial charge in [0.15, 0.2) is 0 Å². The summed E-state index contributed by atoms with van der Waals surface area (Å²) >= 11 is 0. The van der Waals surface area contributed by atoms with Crippen molar-refractivity contribution >= 4 is 35.2 Å². The van der Waals surface area contributed by atoms with Crippen LogP contribution < -0.4 is 20.3 Å². The lowest BCUT2D eigenvalue weighted by molar-refractivity contribution is -0.164. The van der Waals surface area contributed by atoms with E-state index in [1.54, 1.807) is 30.3 Å². The van der Waals surface area contributed by atoms with Crippen molar-refractivity contribution in [1.82, 2.24) is 20.4 Å². The fourth-order valence-corrected chi connectivity index (χ4v) is 10.0. The third-order valence-corrected chi connectivity index (χ3v) is 12.8. The minimum Gasteiger partial charge on any atom is -0.489 e. The number of nitrogens with zero attached hydrogens (tertiary/aromatic N) is 4. The first-order valence-corrected chi connectivity index (χ1v) is 19.4. The normalized spacial score (nSPS) is 24.1. The molecule has 0 radical (unpaired) electrons. The highest BCUT2D eigenvalue weighted by atomic mass is 19.4. The summed E-state index contributed by atoms with van der Waals surface area (Å²) in [7, 11) is 0. The van der Waals surface area contributed by atoms with Crippen molar-refractivity contribution in [1.29, 1.82) is 5.26 Å². The minimum absolute atomic E-state index is 0.00683. The van der Waals surface area contributed by atoms with Gasteiger partial charge < -0.3 is 15.0 Å². The van der Waals surface area contributed by atoms with E-state index in [-0.39, 0.29) is 30.5 Å². The molecule has 1 atom stereocenters. The Morgan fingerprint density at radius 1 is 0.879 bits per heavy atom. The molecular formula is C43H43F3N6O6. The van der Waals surface area contributed by atoms with Gasteiger partial charge in [-0.1, -0.05) is 27.7 Å². The number of ether oxygens (including phenoxy) is 1. The number of anilines is 1. The van der Waals surface area contributed by atoms with Crippen LogP contribution in [-0.2, 0) is 28.9 Å². The highest BCUT2D eigenvalue weighted by Crippen LogP contribution is 2.56. The second-order valence-electron chi connectivity index (χ2n) is 17.1. The van der Waals surface area contributed by atoms with Gasteiger partial charge in [0.1, 0.15) is 17.9 Å². The van der Waals surface area contributed by atoms with Crippen LogP contribution in [0, 0.1) is 22.2 Å². The Hall–Kier alpha value is -5.75. The fraction of sp³-hybridized carbons (Fsp3) is 0.442. The summed E-state index contributed by atoms with van der Waals surface area (Å²) in [6.07, 6.45) is -3.25. The maximum absolute atomic E-state index is 13.6. The van der Waals surface area contributed by atoms with Crippen LogP contribution in [0.1, 0.15) is 107 Å². The molecule has 2 saturated heterocycles. The van der Waals surface area contributed by atoms with E-state index in [4.69, 9.17) is 10.00 Å². The maximum atomic E-state index is 13.6. The lowest BCUT2D eigenvalue weighted by Crippen LogP contribution is -2.74. The second-order valence-corrected chi connectivity index (χ2v) is 17.1. The maximum Gasteiger partial charge on any atom is 0.417 e. The Kier molecular flexibility index (Phi) is 9.42. The predicted octanol–water partition coefficient (Wildman–Crippen LogP) is 5.57. The van der Waals surface area contributed by atoms with Crippen molar-refractivity contribution in [2.45, 2.75) is 96.9 Å². The number of carbonyl (C=O) groups excluding carboxylic acids is 5. The molecule has 1 aliphatic carbocycles. The van der Waals surface area contributed by atoms with Crippen LogP contribution >= 0.6 is 0 Å². The molecule has 8 rings (SSSR count). The lowest BCUT2D eigenvalue weighted by atomic mass is 9.49. The van der Waals surface area contributed by atoms with Gasteiger partial charge in [0, 0.05) is 66.8 Å². The van der Waals surface area contributed by atoms with E-state index in [9.17, 15) is 37.1 Å². The molecule has 1 unspecified atom stereocenters. The number of rotatable bonds is 7. The number of halogens is 3. The quantitative estimate of drug-likeness (QED) is 0.292. The van der Waals surface area contributed by atoms with Gasteiger partial charge in [-0.3, -0.25) is 39.1 Å². The number of imide groups is 2. The van der Waals surface area contributed by atoms with Crippen LogP contribution in [0.4, 0.5) is 18.9 Å². The van der Waals surface area contributed by atoms with E-state index >= 15 is 0 Å². The molecule has 302 valence electrons. The molecule has 3 aromatic rings. The Balaban J connectivity index is 0.849. The zero-order valence-corrected chi connectivity index (χ0v) is 32.5. The molecule has 3 fully saturated rings. The molecule has 0 spiro atoms. The number of amides is 5. The van der Waals surface area contributed by atoms with Crippen LogP contribution in [0.3, 0.4) is 0 Å². The first-order valence-electron chi connectivity index (χ1n) is 19.4. The number of nitriles is 1. The van der Waals surface area contributed by atoms with E-state index in [2.05, 4.69) is 20.4 Å². The van der Waals surface area contributed by atoms with E-state index in [0.717, 1.165) is 59.8 Å². The van der Waals surface area contributed by atoms with Crippen molar-refractivity contribution in [3.05, 3.63) is 93.5 Å². The Morgan fingerprint density at radius 2 is 1.48 bits per heavy atom. The van der Waals surface area contributed by atoms with Gasteiger partial charge in [0.05, 0.1) is 28.3 Å². The SMILES string of the molecule is CC1(C)C(NC(=O)c2ccc(N3CCC(N4Cc5cc6c(cc5C4)C(=O)N(C4CCC(=O)NC4=O)C6=O)CC3)cc2)C(C)(C)C1Oc1ccc(C#N)c(C(F)(F)F)c1. The lowest BCUT2D eigenvalue weighted by Gasteiger charge is -2.63. The average Bonchev–Trinajstić information content (AvgIpc) is 3.71. The van der Waals surface area contributed by atoms with E-state index in [0.29, 0.717) is 35.8 Å². The summed E-state index contributed by atoms with van der Waals surface area (Å²) in [5.41, 5.74) is 1.27. The van der Waals surface area contributed by atoms with Crippen LogP contribution in [0.2, 0.25) is 0 Å². The number of piperidine rings is 2. The minimum atomic E-state index is -4.71. The summed E-state index contributed by atoms with van der Waals surface area (Å²) in [6.45, 7) is 10.5. The third kappa shape index (κ3) is 6.57. The third-order valence-electron chi connectivity index (χ3n) is 12.8. The molecule has 4 heterocycles. The number of benzene rings is 3. The van der Waals surface area contributed by atoms with Gasteiger partial charge in [-0.05, 0) is 85.0 Å². The molecular weight excluding hydrogens is 754 g/mol. The average molecular weight is 797 g/mol. The van der Waals surface area contributed by atoms with E-state index in [1.807, 2.05) is 39.8 Å². The van der Waals surface area contributed by atoms with Crippen LogP contribution in [0.15, 0.2) is 54.6 Å². The predicted molar refractivity (Wildman–Crippen MR) is 203 cm³/mol. The van der Waals surface area contributed by atoms with Gasteiger partial charge in [-0.25, -0.2) is 0 Å². The van der Waals surface area contributed by atoms with Gasteiger partial charge in [0.25, 0.3) is 17.7 Å². The molecule has 2 N–H and O–H groups in total. The standard InChI is InChI=1S/C43H43F3N6O6/c1-41(2)39(42(3,4)40(41)58-29-10-7-24(20-47)32(19-29)43(44,45)46)49-35(54)23-5-8-27(9-6-23)50-15-13-28(14-16-50)51-21-25-17-30-31(18-26(25)22-51)38(57)52(37(30)56)33-11-12-34(53)48-36(33)55/h5-10,17-19,28,33,39-40H,11-16,21-22H2,1-4H3,(H,49,54)(H,48,53,55). The summed E-state index contributed by atoms with van der Waals surface area (Å²) in [4.78, 5) is 69.9. The molecule has 12 nitrogen and oxygen atoms in total. The number of alkyl halides is 3. The number of carbonyl (C=O) groups is 5. The molecule has 0 bridgehead atoms. The van der Waals surface area contributed by atoms with Gasteiger partial charge in [-0.2, -0.15) is 18.4 Å². The Labute approximate surface area is 333 Å². The summed E-state index contributed by atoms with van der Waals surface area (Å²) < 4.78 is 46.9. The van der Waals surface area contributed by atoms with Gasteiger partial charge >= 0.3 is 6.18 Å². The Bertz CT molecular complexity index is 2230. The summed E-state index contributed by atoms with van der Waals surface area (Å²) in [5.74, 6) is -2.30. The largest absolute Gasteiger partial charge is 0.489 e.